The first-order chi connectivity index (χ1) is 10.1. The van der Waals surface area contributed by atoms with Crippen LogP contribution in [0.5, 0.6) is 0 Å². The Morgan fingerprint density at radius 2 is 1.05 bits per heavy atom. The third-order valence-corrected chi connectivity index (χ3v) is 8.27. The van der Waals surface area contributed by atoms with Crippen LogP contribution in [-0.4, -0.2) is 19.5 Å². The molecule has 0 aliphatic heterocycles. The zero-order valence-corrected chi connectivity index (χ0v) is 17.1. The third-order valence-electron chi connectivity index (χ3n) is 3.47. The van der Waals surface area contributed by atoms with Crippen molar-refractivity contribution in [2.45, 2.75) is 38.8 Å². The molecule has 2 aromatic carbocycles. The number of rotatable bonds is 4. The van der Waals surface area contributed by atoms with Crippen molar-refractivity contribution < 1.29 is 4.12 Å². The summed E-state index contributed by atoms with van der Waals surface area (Å²) < 4.78 is 5.55. The maximum absolute atomic E-state index is 5.55. The molecule has 0 N–H and O–H groups in total. The fourth-order valence-electron chi connectivity index (χ4n) is 2.58. The molecule has 114 valence electrons. The molecule has 2 rings (SSSR count). The van der Waals surface area contributed by atoms with Gasteiger partial charge in [0.05, 0.1) is 0 Å². The van der Waals surface area contributed by atoms with Crippen molar-refractivity contribution in [2.24, 2.45) is 0 Å². The molecule has 0 saturated heterocycles. The molecule has 0 aromatic heterocycles. The van der Waals surface area contributed by atoms with Gasteiger partial charge in [0, 0.05) is 0 Å². The Labute approximate surface area is 134 Å². The van der Waals surface area contributed by atoms with Crippen LogP contribution in [0.25, 0.3) is 11.1 Å². The predicted octanol–water partition coefficient (Wildman–Crippen LogP) is 4.18. The molecule has 0 aliphatic carbocycles. The summed E-state index contributed by atoms with van der Waals surface area (Å²) in [4.78, 5) is 0. The van der Waals surface area contributed by atoms with Gasteiger partial charge in [-0.1, -0.05) is 88.4 Å². The van der Waals surface area contributed by atoms with E-state index in [1.165, 1.54) is 11.1 Å². The Kier molecular flexibility index (Phi) is 8.27. The third kappa shape index (κ3) is 6.42. The van der Waals surface area contributed by atoms with Gasteiger partial charge in [-0.25, -0.2) is 0 Å². The van der Waals surface area contributed by atoms with Crippen LogP contribution >= 0.6 is 0 Å². The first-order valence-corrected chi connectivity index (χ1v) is 10.3. The SMILES string of the molecule is CC(C)[SiH](O[SiH3])C(C)C.c1ccc(-c2ccccc2)cc1. The maximum Gasteiger partial charge on any atom is 0.167 e. The monoisotopic (exact) mass is 316 g/mol. The van der Waals surface area contributed by atoms with Gasteiger partial charge in [0.2, 0.25) is 0 Å². The zero-order chi connectivity index (χ0) is 15.7. The average Bonchev–Trinajstić information content (AvgIpc) is 2.49. The van der Waals surface area contributed by atoms with Gasteiger partial charge in [-0.15, -0.1) is 0 Å². The highest BCUT2D eigenvalue weighted by Crippen LogP contribution is 2.19. The van der Waals surface area contributed by atoms with E-state index < -0.39 is 9.04 Å². The van der Waals surface area contributed by atoms with E-state index in [2.05, 4.69) is 76.2 Å². The van der Waals surface area contributed by atoms with Crippen molar-refractivity contribution in [1.29, 1.82) is 0 Å². The fraction of sp³-hybridized carbons (Fsp3) is 0.333. The molecule has 21 heavy (non-hydrogen) atoms. The number of hydrogen-bond donors (Lipinski definition) is 0. The van der Waals surface area contributed by atoms with Crippen LogP contribution in [-0.2, 0) is 4.12 Å². The summed E-state index contributed by atoms with van der Waals surface area (Å²) in [6.45, 7) is 9.09. The van der Waals surface area contributed by atoms with Gasteiger partial charge in [0.25, 0.3) is 0 Å². The van der Waals surface area contributed by atoms with Crippen LogP contribution in [0, 0.1) is 0 Å². The molecular formula is C18H28OSi2. The first kappa shape index (κ1) is 17.9. The van der Waals surface area contributed by atoms with Crippen molar-refractivity contribution in [1.82, 2.24) is 0 Å². The van der Waals surface area contributed by atoms with Gasteiger partial charge in [0.1, 0.15) is 10.5 Å². The topological polar surface area (TPSA) is 9.23 Å². The van der Waals surface area contributed by atoms with Crippen LogP contribution in [0.4, 0.5) is 0 Å². The second-order valence-electron chi connectivity index (χ2n) is 5.92. The van der Waals surface area contributed by atoms with Crippen molar-refractivity contribution in [3.8, 4) is 11.1 Å². The second-order valence-corrected chi connectivity index (χ2v) is 11.4. The molecule has 0 heterocycles. The Bertz CT molecular complexity index is 438. The van der Waals surface area contributed by atoms with Gasteiger partial charge in [-0.3, -0.25) is 0 Å². The van der Waals surface area contributed by atoms with Crippen molar-refractivity contribution >= 4 is 19.5 Å². The molecule has 0 unspecified atom stereocenters. The largest absolute Gasteiger partial charge is 0.465 e. The highest BCUT2D eigenvalue weighted by atomic mass is 28.3. The average molecular weight is 317 g/mol. The lowest BCUT2D eigenvalue weighted by Gasteiger charge is -2.20. The normalized spacial score (nSPS) is 10.8. The highest BCUT2D eigenvalue weighted by Gasteiger charge is 2.17. The summed E-state index contributed by atoms with van der Waals surface area (Å²) >= 11 is 0. The van der Waals surface area contributed by atoms with Crippen LogP contribution < -0.4 is 0 Å². The highest BCUT2D eigenvalue weighted by molar-refractivity contribution is 6.58. The predicted molar refractivity (Wildman–Crippen MR) is 100 cm³/mol. The van der Waals surface area contributed by atoms with Crippen LogP contribution in [0.15, 0.2) is 60.7 Å². The molecule has 0 bridgehead atoms. The van der Waals surface area contributed by atoms with E-state index in [1.807, 2.05) is 12.1 Å². The van der Waals surface area contributed by atoms with Crippen molar-refractivity contribution in [3.63, 3.8) is 0 Å². The van der Waals surface area contributed by atoms with E-state index in [0.717, 1.165) is 21.6 Å². The lowest BCUT2D eigenvalue weighted by molar-refractivity contribution is 0.587. The molecule has 0 aliphatic rings. The van der Waals surface area contributed by atoms with E-state index in [4.69, 9.17) is 4.12 Å². The van der Waals surface area contributed by atoms with Gasteiger partial charge >= 0.3 is 0 Å². The number of hydrogen-bond acceptors (Lipinski definition) is 1. The Hall–Kier alpha value is -1.17. The van der Waals surface area contributed by atoms with E-state index in [0.29, 0.717) is 0 Å². The summed E-state index contributed by atoms with van der Waals surface area (Å²) in [6.07, 6.45) is 0. The van der Waals surface area contributed by atoms with E-state index >= 15 is 0 Å². The Morgan fingerprint density at radius 1 is 0.714 bits per heavy atom. The Morgan fingerprint density at radius 3 is 1.24 bits per heavy atom. The lowest BCUT2D eigenvalue weighted by atomic mass is 10.1. The van der Waals surface area contributed by atoms with Crippen molar-refractivity contribution in [3.05, 3.63) is 60.7 Å². The van der Waals surface area contributed by atoms with E-state index in [-0.39, 0.29) is 0 Å². The molecular weight excluding hydrogens is 288 g/mol. The van der Waals surface area contributed by atoms with Gasteiger partial charge in [0.15, 0.2) is 9.04 Å². The second kappa shape index (κ2) is 9.71. The molecule has 0 fully saturated rings. The summed E-state index contributed by atoms with van der Waals surface area (Å²) in [6, 6.07) is 20.8. The van der Waals surface area contributed by atoms with E-state index in [1.54, 1.807) is 0 Å². The zero-order valence-electron chi connectivity index (χ0n) is 13.9. The van der Waals surface area contributed by atoms with Crippen LogP contribution in [0.2, 0.25) is 11.1 Å². The minimum Gasteiger partial charge on any atom is -0.465 e. The number of benzene rings is 2. The molecule has 2 aromatic rings. The van der Waals surface area contributed by atoms with Gasteiger partial charge in [-0.2, -0.15) is 0 Å². The Balaban J connectivity index is 0.000000222. The lowest BCUT2D eigenvalue weighted by Crippen LogP contribution is -2.24. The smallest absolute Gasteiger partial charge is 0.167 e. The summed E-state index contributed by atoms with van der Waals surface area (Å²) in [7, 11) is 0.132. The molecule has 0 atom stereocenters. The minimum atomic E-state index is -0.798. The maximum atomic E-state index is 5.55. The van der Waals surface area contributed by atoms with Gasteiger partial charge < -0.3 is 4.12 Å². The first-order valence-electron chi connectivity index (χ1n) is 7.69. The minimum absolute atomic E-state index is 0.798. The van der Waals surface area contributed by atoms with Crippen LogP contribution in [0.3, 0.4) is 0 Å². The molecule has 0 saturated carbocycles. The molecule has 0 amide bonds. The van der Waals surface area contributed by atoms with Crippen molar-refractivity contribution in [2.75, 3.05) is 0 Å². The summed E-state index contributed by atoms with van der Waals surface area (Å²) in [5.41, 5.74) is 4.17. The molecule has 3 heteroatoms. The summed E-state index contributed by atoms with van der Waals surface area (Å²) in [5, 5.41) is 0. The fourth-order valence-corrected chi connectivity index (χ4v) is 8.47. The van der Waals surface area contributed by atoms with E-state index in [9.17, 15) is 0 Å². The summed E-state index contributed by atoms with van der Waals surface area (Å²) in [5.74, 6) is 0. The standard InChI is InChI=1S/C12H10.C6H18OSi2/c1-3-7-11(8-4-1)12-9-5-2-6-10-12;1-5(2)9(7-8)6(3)4/h1-10H;5-6,9H,1-4,8H3. The molecule has 1 nitrogen and oxygen atoms in total. The molecule has 0 radical (unpaired) electrons. The molecule has 0 spiro atoms. The van der Waals surface area contributed by atoms with Crippen LogP contribution in [0.1, 0.15) is 27.7 Å². The quantitative estimate of drug-likeness (QED) is 0.769. The van der Waals surface area contributed by atoms with Gasteiger partial charge in [-0.05, 0) is 22.2 Å².